The van der Waals surface area contributed by atoms with Crippen molar-refractivity contribution in [2.45, 2.75) is 11.3 Å². The van der Waals surface area contributed by atoms with Crippen LogP contribution < -0.4 is 10.6 Å². The molecule has 0 aliphatic carbocycles. The van der Waals surface area contributed by atoms with Gasteiger partial charge in [0.25, 0.3) is 0 Å². The highest BCUT2D eigenvalue weighted by Gasteiger charge is 2.14. The third kappa shape index (κ3) is 2.93. The molecule has 86 valence electrons. The Bertz CT molecular complexity index is 396. The highest BCUT2D eigenvalue weighted by atomic mass is 32.2. The van der Waals surface area contributed by atoms with Gasteiger partial charge >= 0.3 is 0 Å². The Labute approximate surface area is 105 Å². The van der Waals surface area contributed by atoms with Gasteiger partial charge in [0.05, 0.1) is 11.4 Å². The zero-order valence-corrected chi connectivity index (χ0v) is 10.5. The van der Waals surface area contributed by atoms with Crippen LogP contribution in [0, 0.1) is 0 Å². The van der Waals surface area contributed by atoms with Gasteiger partial charge in [-0.05, 0) is 30.7 Å². The van der Waals surface area contributed by atoms with Crippen molar-refractivity contribution in [3.05, 3.63) is 23.8 Å². The zero-order valence-electron chi connectivity index (χ0n) is 8.82. The van der Waals surface area contributed by atoms with Gasteiger partial charge in [0.15, 0.2) is 0 Å². The van der Waals surface area contributed by atoms with Crippen LogP contribution in [0.25, 0.3) is 0 Å². The zero-order chi connectivity index (χ0) is 11.4. The smallest absolute Gasteiger partial charge is 0.234 e. The molecule has 0 atom stereocenters. The number of thiol groups is 1. The maximum Gasteiger partial charge on any atom is 0.234 e. The van der Waals surface area contributed by atoms with Crippen LogP contribution in [0.2, 0.25) is 0 Å². The van der Waals surface area contributed by atoms with E-state index in [1.54, 1.807) is 11.8 Å². The lowest BCUT2D eigenvalue weighted by molar-refractivity contribution is -0.113. The van der Waals surface area contributed by atoms with E-state index in [-0.39, 0.29) is 5.91 Å². The summed E-state index contributed by atoms with van der Waals surface area (Å²) < 4.78 is 0. The van der Waals surface area contributed by atoms with E-state index >= 15 is 0 Å². The molecule has 5 heteroatoms. The van der Waals surface area contributed by atoms with Crippen LogP contribution in [0.15, 0.2) is 23.1 Å². The van der Waals surface area contributed by atoms with Crippen molar-refractivity contribution in [3.8, 4) is 0 Å². The molecule has 0 spiro atoms. The fraction of sp³-hybridized carbons (Fsp3) is 0.364. The normalized spacial score (nSPS) is 14.4. The Morgan fingerprint density at radius 2 is 2.38 bits per heavy atom. The second-order valence-corrected chi connectivity index (χ2v) is 4.91. The molecule has 3 nitrogen and oxygen atoms in total. The number of carbonyl (C=O) groups is 1. The maximum absolute atomic E-state index is 11.2. The molecular formula is C11H14N2OS2. The molecule has 0 fully saturated rings. The van der Waals surface area contributed by atoms with Crippen molar-refractivity contribution >= 4 is 36.0 Å². The van der Waals surface area contributed by atoms with E-state index < -0.39 is 0 Å². The molecular weight excluding hydrogens is 240 g/mol. The quantitative estimate of drug-likeness (QED) is 0.435. The monoisotopic (exact) mass is 254 g/mol. The molecule has 0 saturated carbocycles. The average molecular weight is 254 g/mol. The van der Waals surface area contributed by atoms with E-state index in [4.69, 9.17) is 0 Å². The first-order valence-electron chi connectivity index (χ1n) is 5.17. The molecule has 0 radical (unpaired) electrons. The van der Waals surface area contributed by atoms with Crippen molar-refractivity contribution < 1.29 is 4.79 Å². The fourth-order valence-electron chi connectivity index (χ4n) is 1.60. The SMILES string of the molecule is O=C1CSc2ccc(CCNCS)cc2N1. The summed E-state index contributed by atoms with van der Waals surface area (Å²) in [5, 5.41) is 6.05. The van der Waals surface area contributed by atoms with Crippen molar-refractivity contribution in [2.24, 2.45) is 0 Å². The number of rotatable bonds is 4. The summed E-state index contributed by atoms with van der Waals surface area (Å²) in [5.74, 6) is 1.30. The Morgan fingerprint density at radius 3 is 3.19 bits per heavy atom. The number of benzene rings is 1. The van der Waals surface area contributed by atoms with Crippen LogP contribution in [0.5, 0.6) is 0 Å². The number of amides is 1. The minimum absolute atomic E-state index is 0.0862. The summed E-state index contributed by atoms with van der Waals surface area (Å²) in [6, 6.07) is 6.25. The van der Waals surface area contributed by atoms with Crippen LogP contribution in [-0.4, -0.2) is 24.1 Å². The van der Waals surface area contributed by atoms with E-state index in [2.05, 4.69) is 41.5 Å². The van der Waals surface area contributed by atoms with Crippen LogP contribution in [0.4, 0.5) is 5.69 Å². The van der Waals surface area contributed by atoms with E-state index in [1.165, 1.54) is 5.56 Å². The van der Waals surface area contributed by atoms with Crippen LogP contribution in [0.1, 0.15) is 5.56 Å². The minimum atomic E-state index is 0.0862. The van der Waals surface area contributed by atoms with Crippen molar-refractivity contribution in [3.63, 3.8) is 0 Å². The Balaban J connectivity index is 2.06. The second-order valence-electron chi connectivity index (χ2n) is 3.58. The third-order valence-corrected chi connectivity index (χ3v) is 3.68. The van der Waals surface area contributed by atoms with E-state index in [0.717, 1.165) is 23.5 Å². The third-order valence-electron chi connectivity index (χ3n) is 2.38. The van der Waals surface area contributed by atoms with Crippen molar-refractivity contribution in [1.82, 2.24) is 5.32 Å². The van der Waals surface area contributed by atoms with Crippen LogP contribution in [0.3, 0.4) is 0 Å². The number of fused-ring (bicyclic) bond motifs is 1. The van der Waals surface area contributed by atoms with E-state index in [0.29, 0.717) is 11.6 Å². The predicted molar refractivity (Wildman–Crippen MR) is 71.4 cm³/mol. The number of hydrogen-bond acceptors (Lipinski definition) is 4. The topological polar surface area (TPSA) is 41.1 Å². The Hall–Kier alpha value is -0.650. The number of nitrogens with one attached hydrogen (secondary N) is 2. The van der Waals surface area contributed by atoms with Gasteiger partial charge in [-0.3, -0.25) is 4.79 Å². The van der Waals surface area contributed by atoms with E-state index in [1.807, 2.05) is 0 Å². The van der Waals surface area contributed by atoms with Crippen LogP contribution >= 0.6 is 24.4 Å². The van der Waals surface area contributed by atoms with Gasteiger partial charge in [-0.15, -0.1) is 11.8 Å². The molecule has 1 amide bonds. The first-order valence-corrected chi connectivity index (χ1v) is 6.78. The van der Waals surface area contributed by atoms with Gasteiger partial charge in [0.2, 0.25) is 5.91 Å². The summed E-state index contributed by atoms with van der Waals surface area (Å²) in [6.45, 7) is 0.906. The largest absolute Gasteiger partial charge is 0.324 e. The number of anilines is 1. The first-order chi connectivity index (χ1) is 7.79. The summed E-state index contributed by atoms with van der Waals surface area (Å²) >= 11 is 5.68. The van der Waals surface area contributed by atoms with E-state index in [9.17, 15) is 4.79 Å². The standard InChI is InChI=1S/C11H14N2OS2/c14-11-6-16-10-2-1-8(3-4-12-7-15)5-9(10)13-11/h1-2,5,12,15H,3-4,6-7H2,(H,13,14). The van der Waals surface area contributed by atoms with Crippen molar-refractivity contribution in [1.29, 1.82) is 0 Å². The molecule has 1 heterocycles. The summed E-state index contributed by atoms with van der Waals surface area (Å²) in [6.07, 6.45) is 0.953. The van der Waals surface area contributed by atoms with Gasteiger partial charge in [-0.2, -0.15) is 12.6 Å². The molecule has 0 saturated heterocycles. The van der Waals surface area contributed by atoms with Crippen molar-refractivity contribution in [2.75, 3.05) is 23.5 Å². The molecule has 2 N–H and O–H groups in total. The maximum atomic E-state index is 11.2. The molecule has 1 aliphatic rings. The highest BCUT2D eigenvalue weighted by Crippen LogP contribution is 2.31. The summed E-state index contributed by atoms with van der Waals surface area (Å²) in [7, 11) is 0. The lowest BCUT2D eigenvalue weighted by atomic mass is 10.1. The first kappa shape index (κ1) is 11.8. The van der Waals surface area contributed by atoms with Gasteiger partial charge < -0.3 is 10.6 Å². The molecule has 16 heavy (non-hydrogen) atoms. The van der Waals surface area contributed by atoms with Gasteiger partial charge in [-0.1, -0.05) is 6.07 Å². The molecule has 0 aromatic heterocycles. The van der Waals surface area contributed by atoms with Crippen LogP contribution in [-0.2, 0) is 11.2 Å². The second kappa shape index (κ2) is 5.61. The molecule has 1 aliphatic heterocycles. The van der Waals surface area contributed by atoms with Gasteiger partial charge in [-0.25, -0.2) is 0 Å². The average Bonchev–Trinajstić information content (AvgIpc) is 2.29. The fourth-order valence-corrected chi connectivity index (χ4v) is 2.54. The Kier molecular flexibility index (Phi) is 4.15. The molecule has 0 unspecified atom stereocenters. The Morgan fingerprint density at radius 1 is 1.50 bits per heavy atom. The lowest BCUT2D eigenvalue weighted by Crippen LogP contribution is -2.19. The van der Waals surface area contributed by atoms with Gasteiger partial charge in [0, 0.05) is 10.8 Å². The molecule has 0 bridgehead atoms. The lowest BCUT2D eigenvalue weighted by Gasteiger charge is -2.17. The molecule has 1 aromatic carbocycles. The summed E-state index contributed by atoms with van der Waals surface area (Å²) in [5.41, 5.74) is 2.18. The minimum Gasteiger partial charge on any atom is -0.324 e. The number of thioether (sulfide) groups is 1. The number of carbonyl (C=O) groups excluding carboxylic acids is 1. The number of hydrogen-bond donors (Lipinski definition) is 3. The molecule has 1 aromatic rings. The highest BCUT2D eigenvalue weighted by molar-refractivity contribution is 8.00. The summed E-state index contributed by atoms with van der Waals surface area (Å²) in [4.78, 5) is 12.4. The molecule has 2 rings (SSSR count). The predicted octanol–water partition coefficient (Wildman–Crippen LogP) is 1.75. The van der Waals surface area contributed by atoms with Gasteiger partial charge in [0.1, 0.15) is 0 Å².